The molecular formula is C23H21N3O3. The van der Waals surface area contributed by atoms with Crippen molar-refractivity contribution in [2.75, 3.05) is 0 Å². The van der Waals surface area contributed by atoms with Gasteiger partial charge in [0.25, 0.3) is 0 Å². The number of hydrogen-bond donors (Lipinski definition) is 4. The highest BCUT2D eigenvalue weighted by atomic mass is 16.5. The van der Waals surface area contributed by atoms with Crippen molar-refractivity contribution < 1.29 is 15.4 Å². The van der Waals surface area contributed by atoms with E-state index in [9.17, 15) is 10.2 Å². The van der Waals surface area contributed by atoms with Crippen molar-refractivity contribution >= 4 is 12.0 Å². The summed E-state index contributed by atoms with van der Waals surface area (Å²) in [7, 11) is 0. The quantitative estimate of drug-likeness (QED) is 0.228. The van der Waals surface area contributed by atoms with E-state index in [0.717, 1.165) is 46.5 Å². The Morgan fingerprint density at radius 1 is 0.897 bits per heavy atom. The van der Waals surface area contributed by atoms with Gasteiger partial charge in [0, 0.05) is 23.0 Å². The first kappa shape index (κ1) is 17.6. The highest BCUT2D eigenvalue weighted by molar-refractivity contribution is 5.62. The van der Waals surface area contributed by atoms with Gasteiger partial charge in [-0.2, -0.15) is 0 Å². The van der Waals surface area contributed by atoms with Crippen LogP contribution in [0.5, 0.6) is 11.8 Å². The SMILES string of the molecule is ONC=Nc1ccc(Cc2ccc(-n3c(O)c4c(c3O)C3C=CC4C3)cc2)cc1. The molecule has 0 spiro atoms. The van der Waals surface area contributed by atoms with E-state index in [1.165, 1.54) is 6.34 Å². The van der Waals surface area contributed by atoms with E-state index in [-0.39, 0.29) is 23.6 Å². The molecule has 2 atom stereocenters. The first-order valence-corrected chi connectivity index (χ1v) is 9.61. The number of nitrogens with zero attached hydrogens (tertiary/aromatic N) is 2. The molecule has 6 nitrogen and oxygen atoms in total. The Morgan fingerprint density at radius 2 is 1.45 bits per heavy atom. The minimum atomic E-state index is 0.149. The van der Waals surface area contributed by atoms with Crippen molar-refractivity contribution in [1.29, 1.82) is 0 Å². The van der Waals surface area contributed by atoms with Crippen LogP contribution in [-0.2, 0) is 6.42 Å². The van der Waals surface area contributed by atoms with Gasteiger partial charge in [0.15, 0.2) is 0 Å². The normalized spacial score (nSPS) is 19.2. The Kier molecular flexibility index (Phi) is 4.14. The van der Waals surface area contributed by atoms with Gasteiger partial charge < -0.3 is 10.2 Å². The van der Waals surface area contributed by atoms with Crippen molar-refractivity contribution in [3.63, 3.8) is 0 Å². The van der Waals surface area contributed by atoms with Gasteiger partial charge in [-0.25, -0.2) is 4.99 Å². The zero-order valence-corrected chi connectivity index (χ0v) is 15.7. The fraction of sp³-hybridized carbons (Fsp3) is 0.174. The smallest absolute Gasteiger partial charge is 0.202 e. The van der Waals surface area contributed by atoms with Gasteiger partial charge >= 0.3 is 0 Å². The van der Waals surface area contributed by atoms with E-state index in [1.54, 1.807) is 4.57 Å². The van der Waals surface area contributed by atoms with Gasteiger partial charge in [-0.3, -0.25) is 15.3 Å². The zero-order valence-electron chi connectivity index (χ0n) is 15.7. The largest absolute Gasteiger partial charge is 0.494 e. The minimum Gasteiger partial charge on any atom is -0.494 e. The third kappa shape index (κ3) is 2.89. The van der Waals surface area contributed by atoms with Crippen LogP contribution in [0.25, 0.3) is 5.69 Å². The summed E-state index contributed by atoms with van der Waals surface area (Å²) in [5, 5.41) is 30.0. The Morgan fingerprint density at radius 3 is 2.00 bits per heavy atom. The summed E-state index contributed by atoms with van der Waals surface area (Å²) in [5.41, 5.74) is 7.40. The topological polar surface area (TPSA) is 90.0 Å². The second-order valence-corrected chi connectivity index (χ2v) is 7.54. The summed E-state index contributed by atoms with van der Waals surface area (Å²) in [4.78, 5) is 4.03. The molecule has 0 radical (unpaired) electrons. The van der Waals surface area contributed by atoms with Crippen molar-refractivity contribution in [3.05, 3.63) is 82.9 Å². The summed E-state index contributed by atoms with van der Waals surface area (Å²) in [6.07, 6.45) is 7.17. The highest BCUT2D eigenvalue weighted by Gasteiger charge is 2.41. The monoisotopic (exact) mass is 387 g/mol. The number of nitrogens with one attached hydrogen (secondary N) is 1. The first-order valence-electron chi connectivity index (χ1n) is 9.61. The molecule has 2 aliphatic carbocycles. The lowest BCUT2D eigenvalue weighted by Gasteiger charge is -2.11. The Hall–Kier alpha value is -3.51. The van der Waals surface area contributed by atoms with Crippen LogP contribution < -0.4 is 5.48 Å². The minimum absolute atomic E-state index is 0.149. The molecule has 2 bridgehead atoms. The van der Waals surface area contributed by atoms with Crippen LogP contribution in [0, 0.1) is 0 Å². The fourth-order valence-corrected chi connectivity index (χ4v) is 4.49. The predicted molar refractivity (Wildman–Crippen MR) is 111 cm³/mol. The van der Waals surface area contributed by atoms with Crippen molar-refractivity contribution in [1.82, 2.24) is 10.0 Å². The molecule has 0 fully saturated rings. The molecule has 29 heavy (non-hydrogen) atoms. The van der Waals surface area contributed by atoms with Crippen LogP contribution >= 0.6 is 0 Å². The summed E-state index contributed by atoms with van der Waals surface area (Å²) in [6, 6.07) is 15.6. The van der Waals surface area contributed by atoms with Gasteiger partial charge in [-0.15, -0.1) is 0 Å². The van der Waals surface area contributed by atoms with Crippen molar-refractivity contribution in [3.8, 4) is 17.4 Å². The second kappa shape index (κ2) is 6.83. The van der Waals surface area contributed by atoms with Crippen LogP contribution in [0.1, 0.15) is 40.5 Å². The van der Waals surface area contributed by atoms with E-state index in [2.05, 4.69) is 17.1 Å². The summed E-state index contributed by atoms with van der Waals surface area (Å²) >= 11 is 0. The van der Waals surface area contributed by atoms with Crippen LogP contribution in [0.15, 0.2) is 65.7 Å². The van der Waals surface area contributed by atoms with E-state index < -0.39 is 0 Å². The molecule has 2 aromatic carbocycles. The van der Waals surface area contributed by atoms with Gasteiger partial charge in [0.05, 0.1) is 11.4 Å². The van der Waals surface area contributed by atoms with E-state index in [1.807, 2.05) is 54.0 Å². The number of aromatic hydroxyl groups is 2. The first-order chi connectivity index (χ1) is 14.2. The Bertz CT molecular complexity index is 1080. The molecule has 3 aromatic rings. The molecule has 146 valence electrons. The second-order valence-electron chi connectivity index (χ2n) is 7.54. The van der Waals surface area contributed by atoms with Gasteiger partial charge in [0.2, 0.25) is 11.8 Å². The lowest BCUT2D eigenvalue weighted by atomic mass is 10.0. The maximum Gasteiger partial charge on any atom is 0.202 e. The molecule has 5 rings (SSSR count). The zero-order chi connectivity index (χ0) is 20.0. The van der Waals surface area contributed by atoms with Gasteiger partial charge in [0.1, 0.15) is 6.34 Å². The van der Waals surface area contributed by atoms with Gasteiger partial charge in [-0.1, -0.05) is 36.4 Å². The van der Waals surface area contributed by atoms with E-state index in [0.29, 0.717) is 0 Å². The number of allylic oxidation sites excluding steroid dienone is 2. The van der Waals surface area contributed by atoms with Crippen molar-refractivity contribution in [2.45, 2.75) is 24.7 Å². The number of aromatic nitrogens is 1. The number of rotatable bonds is 5. The Labute approximate surface area is 168 Å². The Balaban J connectivity index is 1.37. The molecular weight excluding hydrogens is 366 g/mol. The molecule has 6 heteroatoms. The van der Waals surface area contributed by atoms with Crippen LogP contribution in [0.2, 0.25) is 0 Å². The average Bonchev–Trinajstić information content (AvgIpc) is 3.42. The van der Waals surface area contributed by atoms with E-state index >= 15 is 0 Å². The van der Waals surface area contributed by atoms with Gasteiger partial charge in [-0.05, 0) is 48.2 Å². The highest BCUT2D eigenvalue weighted by Crippen LogP contribution is 2.57. The number of hydrogen-bond acceptors (Lipinski definition) is 4. The molecule has 0 saturated heterocycles. The lowest BCUT2D eigenvalue weighted by Crippen LogP contribution is -2.00. The van der Waals surface area contributed by atoms with Crippen LogP contribution in [-0.4, -0.2) is 26.3 Å². The third-order valence-electron chi connectivity index (χ3n) is 5.83. The predicted octanol–water partition coefficient (Wildman–Crippen LogP) is 4.26. The number of aliphatic imine (C=N–C) groups is 1. The number of benzene rings is 2. The average molecular weight is 387 g/mol. The molecule has 0 aliphatic heterocycles. The standard InChI is InChI=1S/C23H21N3O3/c27-22-20-16-5-6-17(12-16)21(20)23(28)26(22)19-9-3-15(4-10-19)11-14-1-7-18(8-2-14)24-13-25-29/h1-10,13,16-17,27-29H,11-12H2,(H,24,25). The molecule has 1 heterocycles. The van der Waals surface area contributed by atoms with Crippen LogP contribution in [0.3, 0.4) is 0 Å². The number of fused-ring (bicyclic) bond motifs is 5. The van der Waals surface area contributed by atoms with Crippen LogP contribution in [0.4, 0.5) is 5.69 Å². The summed E-state index contributed by atoms with van der Waals surface area (Å²) in [6.45, 7) is 0. The fourth-order valence-electron chi connectivity index (χ4n) is 4.49. The molecule has 2 unspecified atom stereocenters. The summed E-state index contributed by atoms with van der Waals surface area (Å²) in [5.74, 6) is 0.718. The molecule has 2 aliphatic rings. The third-order valence-corrected chi connectivity index (χ3v) is 5.83. The van der Waals surface area contributed by atoms with Crippen molar-refractivity contribution in [2.24, 2.45) is 4.99 Å². The molecule has 0 amide bonds. The maximum atomic E-state index is 10.7. The van der Waals surface area contributed by atoms with E-state index in [4.69, 9.17) is 5.21 Å². The molecule has 4 N–H and O–H groups in total. The summed E-state index contributed by atoms with van der Waals surface area (Å²) < 4.78 is 1.54. The molecule has 0 saturated carbocycles. The lowest BCUT2D eigenvalue weighted by molar-refractivity contribution is 0.240. The number of hydroxylamine groups is 1. The maximum absolute atomic E-state index is 10.7. The molecule has 1 aromatic heterocycles.